The maximum atomic E-state index is 13.0. The maximum absolute atomic E-state index is 13.0. The van der Waals surface area contributed by atoms with Gasteiger partial charge in [0, 0.05) is 26.1 Å². The summed E-state index contributed by atoms with van der Waals surface area (Å²) in [4.78, 5) is 25.3. The molecule has 6 heteroatoms. The smallest absolute Gasteiger partial charge is 0.232 e. The molecule has 0 saturated carbocycles. The fourth-order valence-corrected chi connectivity index (χ4v) is 4.64. The highest BCUT2D eigenvalue weighted by Crippen LogP contribution is 2.42. The van der Waals surface area contributed by atoms with Gasteiger partial charge in [-0.15, -0.1) is 0 Å². The molecule has 2 amide bonds. The fraction of sp³-hybridized carbons (Fsp3) is 0.273. The molecule has 2 aromatic carbocycles. The Kier molecular flexibility index (Phi) is 5.73. The molecule has 144 valence electrons. The molecule has 2 aliphatic rings. The Morgan fingerprint density at radius 3 is 2.46 bits per heavy atom. The van der Waals surface area contributed by atoms with E-state index in [0.717, 1.165) is 27.7 Å². The van der Waals surface area contributed by atoms with Crippen LogP contribution < -0.4 is 10.6 Å². The van der Waals surface area contributed by atoms with Crippen molar-refractivity contribution in [2.24, 2.45) is 17.8 Å². The summed E-state index contributed by atoms with van der Waals surface area (Å²) < 4.78 is 1.14. The molecule has 1 aliphatic carbocycles. The van der Waals surface area contributed by atoms with Crippen molar-refractivity contribution in [2.75, 3.05) is 5.32 Å². The Labute approximate surface area is 182 Å². The molecule has 2 N–H and O–H groups in total. The van der Waals surface area contributed by atoms with Gasteiger partial charge in [-0.2, -0.15) is 0 Å². The lowest BCUT2D eigenvalue weighted by molar-refractivity contribution is -0.143. The quantitative estimate of drug-likeness (QED) is 0.350. The van der Waals surface area contributed by atoms with E-state index in [9.17, 15) is 9.59 Å². The van der Waals surface area contributed by atoms with Crippen LogP contribution in [0.15, 0.2) is 60.7 Å². The van der Waals surface area contributed by atoms with Crippen molar-refractivity contribution < 1.29 is 9.59 Å². The molecule has 4 atom stereocenters. The van der Waals surface area contributed by atoms with Crippen LogP contribution in [0.3, 0.4) is 0 Å². The van der Waals surface area contributed by atoms with Gasteiger partial charge >= 0.3 is 0 Å². The molecule has 0 unspecified atom stereocenters. The number of amides is 2. The van der Waals surface area contributed by atoms with Gasteiger partial charge in [0.2, 0.25) is 11.8 Å². The summed E-state index contributed by atoms with van der Waals surface area (Å²) in [6, 6.07) is 15.3. The number of allylic oxidation sites excluding steroid dienone is 2. The van der Waals surface area contributed by atoms with Crippen molar-refractivity contribution >= 4 is 51.7 Å². The van der Waals surface area contributed by atoms with Gasteiger partial charge in [-0.05, 0) is 77.4 Å². The zero-order chi connectivity index (χ0) is 19.7. The van der Waals surface area contributed by atoms with E-state index in [1.165, 1.54) is 0 Å². The zero-order valence-corrected chi connectivity index (χ0v) is 18.0. The minimum absolute atomic E-state index is 0.118. The first-order valence-corrected chi connectivity index (χ1v) is 10.8. The van der Waals surface area contributed by atoms with Crippen molar-refractivity contribution in [3.63, 3.8) is 0 Å². The van der Waals surface area contributed by atoms with Gasteiger partial charge in [-0.3, -0.25) is 14.9 Å². The van der Waals surface area contributed by atoms with Crippen molar-refractivity contribution in [2.45, 2.75) is 18.9 Å². The third-order valence-electron chi connectivity index (χ3n) is 5.52. The Hall–Kier alpha value is -1.86. The number of carbonyl (C=O) groups excluding carboxylic acids is 2. The number of rotatable bonds is 4. The summed E-state index contributed by atoms with van der Waals surface area (Å²) in [7, 11) is 0. The first kappa shape index (κ1) is 19.5. The molecule has 1 saturated heterocycles. The minimum atomic E-state index is -0.389. The maximum Gasteiger partial charge on any atom is 0.232 e. The van der Waals surface area contributed by atoms with Gasteiger partial charge in [0.1, 0.15) is 0 Å². The third-order valence-corrected chi connectivity index (χ3v) is 6.49. The van der Waals surface area contributed by atoms with Gasteiger partial charge in [0.15, 0.2) is 0 Å². The standard InChI is InChI=1S/C22H20ClIN2O2/c23-14-7-5-13(6-8-14)20(25-16-11-9-15(24)10-12-16)19-17-3-1-2-4-18(17)21(27)26-22(19)28/h1,3,5-12,17-20,25H,2,4H2,(H,26,27,28)/t17-,18+,19+,20+/m0/s1. The van der Waals surface area contributed by atoms with E-state index in [1.54, 1.807) is 0 Å². The van der Waals surface area contributed by atoms with Gasteiger partial charge in [0.25, 0.3) is 0 Å². The molecule has 4 nitrogen and oxygen atoms in total. The van der Waals surface area contributed by atoms with Crippen LogP contribution in [-0.2, 0) is 9.59 Å². The average molecular weight is 507 g/mol. The lowest BCUT2D eigenvalue weighted by atomic mass is 9.69. The highest BCUT2D eigenvalue weighted by atomic mass is 127. The summed E-state index contributed by atoms with van der Waals surface area (Å²) in [5.74, 6) is -1.05. The van der Waals surface area contributed by atoms with Gasteiger partial charge < -0.3 is 5.32 Å². The molecule has 0 bridgehead atoms. The summed E-state index contributed by atoms with van der Waals surface area (Å²) in [5, 5.41) is 6.79. The van der Waals surface area contributed by atoms with Crippen LogP contribution in [0.2, 0.25) is 5.02 Å². The largest absolute Gasteiger partial charge is 0.377 e. The number of anilines is 1. The van der Waals surface area contributed by atoms with E-state index < -0.39 is 0 Å². The number of piperidine rings is 1. The Morgan fingerprint density at radius 2 is 1.75 bits per heavy atom. The minimum Gasteiger partial charge on any atom is -0.377 e. The number of benzene rings is 2. The van der Waals surface area contributed by atoms with Crippen LogP contribution in [0.1, 0.15) is 24.4 Å². The van der Waals surface area contributed by atoms with Crippen LogP contribution in [0.5, 0.6) is 0 Å². The summed E-state index contributed by atoms with van der Waals surface area (Å²) >= 11 is 8.35. The molecule has 0 aromatic heterocycles. The SMILES string of the molecule is O=C1NC(=O)[C@@H]2CCC=C[C@@H]2[C@@H]1[C@H](Nc1ccc(I)cc1)c1ccc(Cl)cc1. The van der Waals surface area contributed by atoms with Crippen LogP contribution in [-0.4, -0.2) is 11.8 Å². The zero-order valence-electron chi connectivity index (χ0n) is 15.1. The van der Waals surface area contributed by atoms with Crippen molar-refractivity contribution in [1.29, 1.82) is 0 Å². The van der Waals surface area contributed by atoms with E-state index >= 15 is 0 Å². The third kappa shape index (κ3) is 3.96. The van der Waals surface area contributed by atoms with Gasteiger partial charge in [-0.1, -0.05) is 35.9 Å². The molecule has 4 rings (SSSR count). The monoisotopic (exact) mass is 506 g/mol. The fourth-order valence-electron chi connectivity index (χ4n) is 4.15. The van der Waals surface area contributed by atoms with Crippen molar-refractivity contribution in [3.05, 3.63) is 74.8 Å². The van der Waals surface area contributed by atoms with E-state index in [2.05, 4.69) is 39.3 Å². The molecule has 1 aliphatic heterocycles. The van der Waals surface area contributed by atoms with E-state index in [-0.39, 0.29) is 35.6 Å². The average Bonchev–Trinajstić information content (AvgIpc) is 2.69. The topological polar surface area (TPSA) is 58.2 Å². The second kappa shape index (κ2) is 8.25. The molecular weight excluding hydrogens is 487 g/mol. The molecule has 0 radical (unpaired) electrons. The van der Waals surface area contributed by atoms with Gasteiger partial charge in [0.05, 0.1) is 12.0 Å². The molecule has 2 aromatic rings. The summed E-state index contributed by atoms with van der Waals surface area (Å²) in [5.41, 5.74) is 1.90. The summed E-state index contributed by atoms with van der Waals surface area (Å²) in [6.07, 6.45) is 5.77. The first-order valence-electron chi connectivity index (χ1n) is 9.32. The summed E-state index contributed by atoms with van der Waals surface area (Å²) in [6.45, 7) is 0. The lowest BCUT2D eigenvalue weighted by Gasteiger charge is -2.41. The number of hydrogen-bond donors (Lipinski definition) is 2. The second-order valence-corrected chi connectivity index (χ2v) is 8.93. The predicted molar refractivity (Wildman–Crippen MR) is 119 cm³/mol. The number of nitrogens with one attached hydrogen (secondary N) is 2. The van der Waals surface area contributed by atoms with Crippen molar-refractivity contribution in [1.82, 2.24) is 5.32 Å². The number of fused-ring (bicyclic) bond motifs is 1. The number of imide groups is 1. The van der Waals surface area contributed by atoms with Gasteiger partial charge in [-0.25, -0.2) is 0 Å². The van der Waals surface area contributed by atoms with Crippen LogP contribution in [0.25, 0.3) is 0 Å². The molecule has 28 heavy (non-hydrogen) atoms. The molecule has 1 fully saturated rings. The molecule has 1 heterocycles. The lowest BCUT2D eigenvalue weighted by Crippen LogP contribution is -2.54. The number of hydrogen-bond acceptors (Lipinski definition) is 3. The number of halogens is 2. The molecular formula is C22H20ClIN2O2. The van der Waals surface area contributed by atoms with E-state index in [0.29, 0.717) is 5.02 Å². The Balaban J connectivity index is 1.74. The normalized spacial score (nSPS) is 25.0. The van der Waals surface area contributed by atoms with Crippen LogP contribution >= 0.6 is 34.2 Å². The van der Waals surface area contributed by atoms with E-state index in [1.807, 2.05) is 54.6 Å². The first-order chi connectivity index (χ1) is 13.5. The Bertz CT molecular complexity index is 911. The van der Waals surface area contributed by atoms with Crippen LogP contribution in [0, 0.1) is 21.3 Å². The molecule has 0 spiro atoms. The second-order valence-electron chi connectivity index (χ2n) is 7.25. The van der Waals surface area contributed by atoms with Crippen molar-refractivity contribution in [3.8, 4) is 0 Å². The Morgan fingerprint density at radius 1 is 1.04 bits per heavy atom. The highest BCUT2D eigenvalue weighted by molar-refractivity contribution is 14.1. The van der Waals surface area contributed by atoms with Crippen LogP contribution in [0.4, 0.5) is 5.69 Å². The van der Waals surface area contributed by atoms with E-state index in [4.69, 9.17) is 11.6 Å². The predicted octanol–water partition coefficient (Wildman–Crippen LogP) is 4.95. The highest BCUT2D eigenvalue weighted by Gasteiger charge is 2.46. The number of carbonyl (C=O) groups is 2.